The summed E-state index contributed by atoms with van der Waals surface area (Å²) in [5.41, 5.74) is 4.20. The van der Waals surface area contributed by atoms with Gasteiger partial charge in [-0.25, -0.2) is 15.0 Å². The van der Waals surface area contributed by atoms with E-state index in [0.29, 0.717) is 11.1 Å². The van der Waals surface area contributed by atoms with Gasteiger partial charge in [0.25, 0.3) is 0 Å². The van der Waals surface area contributed by atoms with Gasteiger partial charge in [-0.15, -0.1) is 0 Å². The average Bonchev–Trinajstić information content (AvgIpc) is 3.13. The van der Waals surface area contributed by atoms with E-state index in [1.54, 1.807) is 0 Å². The molecule has 0 radical (unpaired) electrons. The number of fused-ring (bicyclic) bond motifs is 3. The zero-order chi connectivity index (χ0) is 19.3. The van der Waals surface area contributed by atoms with E-state index in [9.17, 15) is 0 Å². The summed E-state index contributed by atoms with van der Waals surface area (Å²) in [5.74, 6) is 2.75. The molecule has 0 spiro atoms. The summed E-state index contributed by atoms with van der Waals surface area (Å²) in [6.07, 6.45) is 2.90. The fourth-order valence-corrected chi connectivity index (χ4v) is 3.94. The lowest BCUT2D eigenvalue weighted by atomic mass is 10.1. The summed E-state index contributed by atoms with van der Waals surface area (Å²) in [5, 5.41) is 1.54. The second kappa shape index (κ2) is 6.87. The Morgan fingerprint density at radius 3 is 2.79 bits per heavy atom. The van der Waals surface area contributed by atoms with Gasteiger partial charge in [0.15, 0.2) is 11.5 Å². The number of hydrogen-bond acceptors (Lipinski definition) is 6. The lowest BCUT2D eigenvalue weighted by Crippen LogP contribution is -2.31. The zero-order valence-electron chi connectivity index (χ0n) is 15.9. The van der Waals surface area contributed by atoms with Gasteiger partial charge in [-0.1, -0.05) is 25.4 Å². The van der Waals surface area contributed by atoms with Gasteiger partial charge in [-0.05, 0) is 12.1 Å². The molecule has 0 unspecified atom stereocenters. The molecule has 1 aromatic carbocycles. The highest BCUT2D eigenvalue weighted by atomic mass is 35.5. The second-order valence-electron chi connectivity index (χ2n) is 7.65. The van der Waals surface area contributed by atoms with Gasteiger partial charge in [0.2, 0.25) is 6.79 Å². The Morgan fingerprint density at radius 2 is 1.96 bits per heavy atom. The summed E-state index contributed by atoms with van der Waals surface area (Å²) in [4.78, 5) is 16.2. The molecule has 7 heteroatoms. The Balaban J connectivity index is 1.39. The Hall–Kier alpha value is -2.44. The number of hydrogen-bond donors (Lipinski definition) is 0. The molecule has 4 heterocycles. The molecule has 0 amide bonds. The van der Waals surface area contributed by atoms with Crippen molar-refractivity contribution in [1.29, 1.82) is 0 Å². The van der Waals surface area contributed by atoms with Crippen LogP contribution >= 0.6 is 11.6 Å². The van der Waals surface area contributed by atoms with Crippen molar-refractivity contribution in [3.8, 4) is 11.5 Å². The first-order valence-electron chi connectivity index (χ1n) is 9.52. The van der Waals surface area contributed by atoms with Crippen molar-refractivity contribution < 1.29 is 9.47 Å². The van der Waals surface area contributed by atoms with Gasteiger partial charge in [0.1, 0.15) is 11.0 Å². The minimum Gasteiger partial charge on any atom is -0.454 e. The van der Waals surface area contributed by atoms with Gasteiger partial charge in [0.05, 0.1) is 5.52 Å². The van der Waals surface area contributed by atoms with Crippen molar-refractivity contribution in [1.82, 2.24) is 19.9 Å². The summed E-state index contributed by atoms with van der Waals surface area (Å²) in [6, 6.07) is 5.95. The van der Waals surface area contributed by atoms with E-state index in [4.69, 9.17) is 26.1 Å². The number of rotatable bonds is 3. The van der Waals surface area contributed by atoms with Gasteiger partial charge < -0.3 is 9.47 Å². The van der Waals surface area contributed by atoms with Crippen molar-refractivity contribution in [2.24, 2.45) is 0 Å². The van der Waals surface area contributed by atoms with Crippen LogP contribution in [-0.4, -0.2) is 33.2 Å². The topological polar surface area (TPSA) is 60.4 Å². The van der Waals surface area contributed by atoms with Crippen molar-refractivity contribution in [3.05, 3.63) is 52.2 Å². The number of benzene rings is 1. The molecule has 2 aromatic heterocycles. The van der Waals surface area contributed by atoms with E-state index >= 15 is 0 Å². The summed E-state index contributed by atoms with van der Waals surface area (Å²) in [7, 11) is 0. The Bertz CT molecular complexity index is 1070. The van der Waals surface area contributed by atoms with Crippen LogP contribution in [0.2, 0.25) is 5.15 Å². The first-order valence-corrected chi connectivity index (χ1v) is 9.90. The fraction of sp³-hybridized carbons (Fsp3) is 0.381. The molecule has 144 valence electrons. The van der Waals surface area contributed by atoms with Crippen LogP contribution in [0.25, 0.3) is 10.9 Å². The van der Waals surface area contributed by atoms with E-state index in [1.165, 1.54) is 11.3 Å². The molecule has 0 saturated carbocycles. The molecule has 3 aromatic rings. The quantitative estimate of drug-likeness (QED) is 0.621. The highest BCUT2D eigenvalue weighted by Gasteiger charge is 2.21. The third-order valence-electron chi connectivity index (χ3n) is 5.28. The summed E-state index contributed by atoms with van der Waals surface area (Å²) in [6.45, 7) is 7.00. The van der Waals surface area contributed by atoms with Crippen molar-refractivity contribution >= 4 is 22.5 Å². The summed E-state index contributed by atoms with van der Waals surface area (Å²) >= 11 is 6.49. The van der Waals surface area contributed by atoms with Crippen molar-refractivity contribution in [2.45, 2.75) is 39.3 Å². The Morgan fingerprint density at radius 1 is 1.14 bits per heavy atom. The molecule has 0 fully saturated rings. The minimum atomic E-state index is 0.250. The van der Waals surface area contributed by atoms with Crippen LogP contribution in [-0.2, 0) is 19.5 Å². The van der Waals surface area contributed by atoms with E-state index < -0.39 is 0 Å². The Kier molecular flexibility index (Phi) is 4.33. The highest BCUT2D eigenvalue weighted by molar-refractivity contribution is 6.30. The predicted octanol–water partition coefficient (Wildman–Crippen LogP) is 4.09. The maximum atomic E-state index is 6.49. The lowest BCUT2D eigenvalue weighted by molar-refractivity contribution is 0.174. The normalized spacial score (nSPS) is 16.0. The van der Waals surface area contributed by atoms with Crippen LogP contribution < -0.4 is 9.47 Å². The van der Waals surface area contributed by atoms with Gasteiger partial charge in [0, 0.05) is 66.4 Å². The zero-order valence-corrected chi connectivity index (χ0v) is 16.7. The third kappa shape index (κ3) is 3.16. The van der Waals surface area contributed by atoms with Crippen LogP contribution in [0.4, 0.5) is 0 Å². The minimum absolute atomic E-state index is 0.250. The molecule has 0 aliphatic carbocycles. The first kappa shape index (κ1) is 17.6. The maximum absolute atomic E-state index is 6.49. The van der Waals surface area contributed by atoms with Crippen LogP contribution in [0.15, 0.2) is 24.4 Å². The molecule has 2 aliphatic rings. The SMILES string of the molecule is CC(C)c1ncc2c(n1)CCN(Cc1cc3cc4c(cc3nc1Cl)OCO4)C2. The van der Waals surface area contributed by atoms with Crippen molar-refractivity contribution in [3.63, 3.8) is 0 Å². The molecule has 0 atom stereocenters. The number of ether oxygens (including phenoxy) is 2. The second-order valence-corrected chi connectivity index (χ2v) is 8.01. The summed E-state index contributed by atoms with van der Waals surface area (Å²) < 4.78 is 10.9. The highest BCUT2D eigenvalue weighted by Crippen LogP contribution is 2.36. The molecule has 0 N–H and O–H groups in total. The molecule has 0 saturated heterocycles. The number of halogens is 1. The van der Waals surface area contributed by atoms with Crippen LogP contribution in [0.3, 0.4) is 0 Å². The molecule has 0 bridgehead atoms. The van der Waals surface area contributed by atoms with E-state index in [1.807, 2.05) is 18.3 Å². The molecule has 28 heavy (non-hydrogen) atoms. The number of aromatic nitrogens is 3. The average molecular weight is 397 g/mol. The van der Waals surface area contributed by atoms with Crippen LogP contribution in [0, 0.1) is 0 Å². The monoisotopic (exact) mass is 396 g/mol. The number of pyridine rings is 1. The van der Waals surface area contributed by atoms with Crippen LogP contribution in [0.1, 0.15) is 42.4 Å². The van der Waals surface area contributed by atoms with Gasteiger partial charge in [-0.3, -0.25) is 4.90 Å². The van der Waals surface area contributed by atoms with Crippen molar-refractivity contribution in [2.75, 3.05) is 13.3 Å². The number of nitrogens with zero attached hydrogens (tertiary/aromatic N) is 4. The van der Waals surface area contributed by atoms with E-state index in [-0.39, 0.29) is 6.79 Å². The largest absolute Gasteiger partial charge is 0.454 e. The van der Waals surface area contributed by atoms with E-state index in [2.05, 4.69) is 34.8 Å². The first-order chi connectivity index (χ1) is 13.6. The fourth-order valence-electron chi connectivity index (χ4n) is 3.74. The standard InChI is InChI=1S/C21H21ClN4O2/c1-12(2)21-23-8-15-10-26(4-3-16(15)25-21)9-14-5-13-6-18-19(28-11-27-18)7-17(13)24-20(14)22/h5-8,12H,3-4,9-11H2,1-2H3. The molecule has 2 aliphatic heterocycles. The lowest BCUT2D eigenvalue weighted by Gasteiger charge is -2.28. The van der Waals surface area contributed by atoms with E-state index in [0.717, 1.165) is 59.8 Å². The molecular weight excluding hydrogens is 376 g/mol. The van der Waals surface area contributed by atoms with Crippen LogP contribution in [0.5, 0.6) is 11.5 Å². The van der Waals surface area contributed by atoms with Gasteiger partial charge in [-0.2, -0.15) is 0 Å². The molecular formula is C21H21ClN4O2. The third-order valence-corrected chi connectivity index (χ3v) is 5.60. The molecule has 6 nitrogen and oxygen atoms in total. The smallest absolute Gasteiger partial charge is 0.231 e. The predicted molar refractivity (Wildman–Crippen MR) is 107 cm³/mol. The maximum Gasteiger partial charge on any atom is 0.231 e. The molecule has 5 rings (SSSR count). The van der Waals surface area contributed by atoms with Gasteiger partial charge >= 0.3 is 0 Å². The Labute approximate surface area is 168 Å².